The predicted octanol–water partition coefficient (Wildman–Crippen LogP) is 0.673. The molecule has 1 aromatic rings. The van der Waals surface area contributed by atoms with Crippen molar-refractivity contribution in [3.05, 3.63) is 16.3 Å². The maximum absolute atomic E-state index is 12.7. The summed E-state index contributed by atoms with van der Waals surface area (Å²) < 4.78 is 32.0. The minimum absolute atomic E-state index is 0. The van der Waals surface area contributed by atoms with Crippen molar-refractivity contribution in [2.45, 2.75) is 23.8 Å². The molecule has 0 bridgehead atoms. The number of carbonyl (C=O) groups is 1. The van der Waals surface area contributed by atoms with Crippen molar-refractivity contribution in [1.29, 1.82) is 0 Å². The summed E-state index contributed by atoms with van der Waals surface area (Å²) in [7, 11) is -3.64. The van der Waals surface area contributed by atoms with E-state index in [9.17, 15) is 13.2 Å². The fourth-order valence-corrected chi connectivity index (χ4v) is 5.54. The zero-order valence-electron chi connectivity index (χ0n) is 13.2. The van der Waals surface area contributed by atoms with Crippen LogP contribution in [0.2, 0.25) is 0 Å². The van der Waals surface area contributed by atoms with Crippen molar-refractivity contribution < 1.29 is 17.9 Å². The molecule has 0 aromatic carbocycles. The van der Waals surface area contributed by atoms with Gasteiger partial charge >= 0.3 is 0 Å². The van der Waals surface area contributed by atoms with Crippen LogP contribution in [0.4, 0.5) is 0 Å². The van der Waals surface area contributed by atoms with Crippen molar-refractivity contribution in [1.82, 2.24) is 14.9 Å². The number of amides is 1. The van der Waals surface area contributed by atoms with E-state index in [1.165, 1.54) is 10.4 Å². The summed E-state index contributed by atoms with van der Waals surface area (Å²) >= 11 is 1.16. The normalized spacial score (nSPS) is 22.1. The Kier molecular flexibility index (Phi) is 7.02. The minimum Gasteiger partial charge on any atom is -0.379 e. The molecule has 136 valence electrons. The number of nitrogens with one attached hydrogen (secondary N) is 2. The Morgan fingerprint density at radius 1 is 1.42 bits per heavy atom. The lowest BCUT2D eigenvalue weighted by Gasteiger charge is -2.26. The Morgan fingerprint density at radius 3 is 2.83 bits per heavy atom. The van der Waals surface area contributed by atoms with Crippen molar-refractivity contribution in [3.63, 3.8) is 0 Å². The van der Waals surface area contributed by atoms with E-state index in [2.05, 4.69) is 10.6 Å². The van der Waals surface area contributed by atoms with Crippen molar-refractivity contribution in [3.8, 4) is 0 Å². The van der Waals surface area contributed by atoms with E-state index >= 15 is 0 Å². The number of sulfonamides is 1. The third kappa shape index (κ3) is 4.27. The fourth-order valence-electron chi connectivity index (χ4n) is 2.82. The van der Waals surface area contributed by atoms with Gasteiger partial charge < -0.3 is 15.4 Å². The summed E-state index contributed by atoms with van der Waals surface area (Å²) in [5.41, 5.74) is 0. The van der Waals surface area contributed by atoms with E-state index in [0.717, 1.165) is 30.7 Å². The van der Waals surface area contributed by atoms with E-state index in [0.29, 0.717) is 32.8 Å². The molecule has 2 N–H and O–H groups in total. The van der Waals surface area contributed by atoms with Crippen LogP contribution in [-0.4, -0.2) is 64.1 Å². The molecule has 2 fully saturated rings. The molecular weight excluding hydrogens is 374 g/mol. The average Bonchev–Trinajstić information content (AvgIpc) is 3.25. The van der Waals surface area contributed by atoms with Crippen LogP contribution >= 0.6 is 23.7 Å². The average molecular weight is 396 g/mol. The highest BCUT2D eigenvalue weighted by Crippen LogP contribution is 2.25. The standard InChI is InChI=1S/C14H21N3O4S2.ClH/c18-14(16-10-11-2-1-4-15-11)13-12(3-9-22-13)23(19,20)17-5-7-21-8-6-17;/h3,9,11,15H,1-2,4-8,10H2,(H,16,18);1H. The molecule has 1 atom stereocenters. The van der Waals surface area contributed by atoms with Crippen LogP contribution in [-0.2, 0) is 14.8 Å². The van der Waals surface area contributed by atoms with E-state index < -0.39 is 10.0 Å². The van der Waals surface area contributed by atoms with Gasteiger partial charge in [0, 0.05) is 25.7 Å². The molecule has 1 amide bonds. The van der Waals surface area contributed by atoms with E-state index in [-0.39, 0.29) is 34.1 Å². The SMILES string of the molecule is Cl.O=C(NCC1CCCN1)c1sccc1S(=O)(=O)N1CCOCC1. The maximum atomic E-state index is 12.7. The van der Waals surface area contributed by atoms with Gasteiger partial charge in [-0.1, -0.05) is 0 Å². The van der Waals surface area contributed by atoms with Gasteiger partial charge in [-0.3, -0.25) is 4.79 Å². The monoisotopic (exact) mass is 395 g/mol. The third-order valence-electron chi connectivity index (χ3n) is 4.09. The summed E-state index contributed by atoms with van der Waals surface area (Å²) in [5, 5.41) is 7.79. The number of hydrogen-bond donors (Lipinski definition) is 2. The Morgan fingerprint density at radius 2 is 2.17 bits per heavy atom. The number of thiophene rings is 1. The Labute approximate surface area is 152 Å². The predicted molar refractivity (Wildman–Crippen MR) is 94.5 cm³/mol. The van der Waals surface area contributed by atoms with Gasteiger partial charge in [0.2, 0.25) is 10.0 Å². The van der Waals surface area contributed by atoms with Crippen molar-refractivity contribution in [2.24, 2.45) is 0 Å². The highest BCUT2D eigenvalue weighted by molar-refractivity contribution is 7.89. The van der Waals surface area contributed by atoms with Gasteiger partial charge in [0.1, 0.15) is 9.77 Å². The molecule has 10 heteroatoms. The summed E-state index contributed by atoms with van der Waals surface area (Å²) in [4.78, 5) is 12.7. The largest absolute Gasteiger partial charge is 0.379 e. The maximum Gasteiger partial charge on any atom is 0.262 e. The lowest BCUT2D eigenvalue weighted by Crippen LogP contribution is -2.41. The van der Waals surface area contributed by atoms with Crippen LogP contribution in [0, 0.1) is 0 Å². The van der Waals surface area contributed by atoms with Crippen molar-refractivity contribution >= 4 is 39.7 Å². The molecule has 7 nitrogen and oxygen atoms in total. The first-order valence-corrected chi connectivity index (χ1v) is 10.1. The van der Waals surface area contributed by atoms with Crippen molar-refractivity contribution in [2.75, 3.05) is 39.4 Å². The van der Waals surface area contributed by atoms with E-state index in [1.54, 1.807) is 5.38 Å². The summed E-state index contributed by atoms with van der Waals surface area (Å²) in [6.45, 7) is 2.91. The molecule has 24 heavy (non-hydrogen) atoms. The van der Waals surface area contributed by atoms with Gasteiger partial charge in [-0.15, -0.1) is 23.7 Å². The highest BCUT2D eigenvalue weighted by atomic mass is 35.5. The summed E-state index contributed by atoms with van der Waals surface area (Å²) in [6, 6.07) is 1.79. The fraction of sp³-hybridized carbons (Fsp3) is 0.643. The number of morpholine rings is 1. The topological polar surface area (TPSA) is 87.7 Å². The third-order valence-corrected chi connectivity index (χ3v) is 7.08. The second kappa shape index (κ2) is 8.59. The number of halogens is 1. The van der Waals surface area contributed by atoms with E-state index in [1.807, 2.05) is 0 Å². The van der Waals surface area contributed by atoms with Crippen LogP contribution in [0.25, 0.3) is 0 Å². The first-order valence-electron chi connectivity index (χ1n) is 7.76. The molecule has 0 aliphatic carbocycles. The van der Waals surface area contributed by atoms with Gasteiger partial charge in [-0.05, 0) is 30.8 Å². The van der Waals surface area contributed by atoms with Crippen LogP contribution in [0.3, 0.4) is 0 Å². The van der Waals surface area contributed by atoms with Gasteiger partial charge in [-0.25, -0.2) is 8.42 Å². The second-order valence-electron chi connectivity index (χ2n) is 5.63. The number of carbonyl (C=O) groups excluding carboxylic acids is 1. The van der Waals surface area contributed by atoms with Gasteiger partial charge in [0.15, 0.2) is 0 Å². The molecule has 0 radical (unpaired) electrons. The summed E-state index contributed by atoms with van der Waals surface area (Å²) in [5.74, 6) is -0.319. The van der Waals surface area contributed by atoms with E-state index in [4.69, 9.17) is 4.74 Å². The molecule has 0 spiro atoms. The van der Waals surface area contributed by atoms with Crippen LogP contribution < -0.4 is 10.6 Å². The Hall–Kier alpha value is -0.710. The zero-order chi connectivity index (χ0) is 16.3. The van der Waals surface area contributed by atoms with Crippen LogP contribution in [0.15, 0.2) is 16.3 Å². The molecule has 1 aromatic heterocycles. The zero-order valence-corrected chi connectivity index (χ0v) is 15.6. The number of hydrogen-bond acceptors (Lipinski definition) is 6. The first-order chi connectivity index (χ1) is 11.1. The van der Waals surface area contributed by atoms with Gasteiger partial charge in [-0.2, -0.15) is 4.31 Å². The quantitative estimate of drug-likeness (QED) is 0.765. The molecular formula is C14H22ClN3O4S2. The number of ether oxygens (including phenoxy) is 1. The molecule has 2 aliphatic heterocycles. The number of nitrogens with zero attached hydrogens (tertiary/aromatic N) is 1. The lowest BCUT2D eigenvalue weighted by atomic mass is 10.2. The molecule has 3 heterocycles. The molecule has 1 unspecified atom stereocenters. The molecule has 2 aliphatic rings. The van der Waals surface area contributed by atoms with Gasteiger partial charge in [0.25, 0.3) is 5.91 Å². The van der Waals surface area contributed by atoms with Crippen LogP contribution in [0.1, 0.15) is 22.5 Å². The highest BCUT2D eigenvalue weighted by Gasteiger charge is 2.31. The smallest absolute Gasteiger partial charge is 0.262 e. The Bertz CT molecular complexity index is 653. The lowest BCUT2D eigenvalue weighted by molar-refractivity contribution is 0.0730. The first kappa shape index (κ1) is 19.6. The number of rotatable bonds is 5. The Balaban J connectivity index is 0.00000208. The molecule has 3 rings (SSSR count). The van der Waals surface area contributed by atoms with Crippen LogP contribution in [0.5, 0.6) is 0 Å². The minimum atomic E-state index is -3.64. The summed E-state index contributed by atoms with van der Waals surface area (Å²) in [6.07, 6.45) is 2.14. The molecule has 0 saturated carbocycles. The van der Waals surface area contributed by atoms with Gasteiger partial charge in [0.05, 0.1) is 13.2 Å². The second-order valence-corrected chi connectivity index (χ2v) is 8.46. The molecule has 2 saturated heterocycles.